The molecule has 1 amide bonds. The van der Waals surface area contributed by atoms with Gasteiger partial charge in [-0.2, -0.15) is 0 Å². The van der Waals surface area contributed by atoms with Gasteiger partial charge in [-0.05, 0) is 25.5 Å². The average Bonchev–Trinajstić information content (AvgIpc) is 2.37. The molecule has 1 heterocycles. The van der Waals surface area contributed by atoms with Gasteiger partial charge in [0.05, 0.1) is 0 Å². The van der Waals surface area contributed by atoms with E-state index in [-0.39, 0.29) is 17.8 Å². The van der Waals surface area contributed by atoms with Crippen molar-refractivity contribution in [1.82, 2.24) is 5.32 Å². The maximum atomic E-state index is 14.0. The second-order valence-electron chi connectivity index (χ2n) is 4.87. The minimum Gasteiger partial charge on any atom is -0.357 e. The average molecular weight is 265 g/mol. The van der Waals surface area contributed by atoms with E-state index in [0.29, 0.717) is 25.1 Å². The monoisotopic (exact) mass is 265 g/mol. The third kappa shape index (κ3) is 2.56. The van der Waals surface area contributed by atoms with Crippen molar-refractivity contribution in [2.75, 3.05) is 18.0 Å². The van der Waals surface area contributed by atoms with Gasteiger partial charge in [0.25, 0.3) is 0 Å². The van der Waals surface area contributed by atoms with Gasteiger partial charge in [0.15, 0.2) is 0 Å². The summed E-state index contributed by atoms with van der Waals surface area (Å²) in [7, 11) is 0. The van der Waals surface area contributed by atoms with Gasteiger partial charge in [-0.25, -0.2) is 4.39 Å². The number of hydrogen-bond donors (Lipinski definition) is 2. The Labute approximate surface area is 112 Å². The van der Waals surface area contributed by atoms with Gasteiger partial charge in [0, 0.05) is 30.4 Å². The Morgan fingerprint density at radius 2 is 2.32 bits per heavy atom. The maximum Gasteiger partial charge on any atom is 0.242 e. The highest BCUT2D eigenvalue weighted by molar-refractivity contribution is 5.86. The second-order valence-corrected chi connectivity index (χ2v) is 4.87. The van der Waals surface area contributed by atoms with E-state index >= 15 is 0 Å². The van der Waals surface area contributed by atoms with Crippen molar-refractivity contribution in [2.45, 2.75) is 32.4 Å². The molecule has 1 aliphatic rings. The van der Waals surface area contributed by atoms with Gasteiger partial charge in [-0.3, -0.25) is 4.79 Å². The lowest BCUT2D eigenvalue weighted by Gasteiger charge is -2.38. The van der Waals surface area contributed by atoms with Crippen LogP contribution in [-0.2, 0) is 4.79 Å². The van der Waals surface area contributed by atoms with E-state index in [1.807, 2.05) is 17.9 Å². The Hall–Kier alpha value is -1.62. The Balaban J connectivity index is 2.45. The fourth-order valence-corrected chi connectivity index (χ4v) is 2.64. The van der Waals surface area contributed by atoms with Crippen LogP contribution in [-0.4, -0.2) is 25.0 Å². The van der Waals surface area contributed by atoms with Gasteiger partial charge >= 0.3 is 0 Å². The molecule has 2 rings (SSSR count). The number of carbonyl (C=O) groups is 1. The molecule has 0 saturated carbocycles. The van der Waals surface area contributed by atoms with E-state index < -0.39 is 6.04 Å². The molecule has 19 heavy (non-hydrogen) atoms. The molecule has 1 aromatic carbocycles. The summed E-state index contributed by atoms with van der Waals surface area (Å²) in [6.45, 7) is 4.96. The lowest BCUT2D eigenvalue weighted by molar-refractivity contribution is -0.123. The summed E-state index contributed by atoms with van der Waals surface area (Å²) in [6, 6.07) is 4.25. The van der Waals surface area contributed by atoms with Crippen molar-refractivity contribution in [1.29, 1.82) is 0 Å². The molecule has 1 saturated heterocycles. The van der Waals surface area contributed by atoms with Crippen LogP contribution in [0.3, 0.4) is 0 Å². The minimum atomic E-state index is -0.404. The Kier molecular flexibility index (Phi) is 4.04. The summed E-state index contributed by atoms with van der Waals surface area (Å²) in [6.07, 6.45) is 0.681. The smallest absolute Gasteiger partial charge is 0.242 e. The molecule has 4 nitrogen and oxygen atoms in total. The van der Waals surface area contributed by atoms with Crippen molar-refractivity contribution >= 4 is 11.6 Å². The van der Waals surface area contributed by atoms with E-state index in [1.54, 1.807) is 13.0 Å². The Bertz CT molecular complexity index is 476. The fraction of sp³-hybridized carbons (Fsp3) is 0.500. The molecule has 1 aliphatic heterocycles. The van der Waals surface area contributed by atoms with E-state index in [4.69, 9.17) is 5.73 Å². The molecule has 0 bridgehead atoms. The quantitative estimate of drug-likeness (QED) is 0.872. The first-order valence-electron chi connectivity index (χ1n) is 6.64. The molecule has 0 spiro atoms. The van der Waals surface area contributed by atoms with Crippen LogP contribution in [0.25, 0.3) is 0 Å². The van der Waals surface area contributed by atoms with Crippen LogP contribution >= 0.6 is 0 Å². The zero-order valence-electron chi connectivity index (χ0n) is 11.3. The molecule has 1 unspecified atom stereocenters. The van der Waals surface area contributed by atoms with Crippen LogP contribution in [0.4, 0.5) is 10.1 Å². The van der Waals surface area contributed by atoms with E-state index in [2.05, 4.69) is 5.32 Å². The van der Waals surface area contributed by atoms with Crippen LogP contribution in [0.2, 0.25) is 0 Å². The van der Waals surface area contributed by atoms with Gasteiger partial charge in [-0.15, -0.1) is 0 Å². The standard InChI is InChI=1S/C14H20FN3O/c1-3-11-14(19)17-7-8-18(11)12-6-4-5-10(15)13(12)9(2)16/h4-6,9,11H,3,7-8,16H2,1-2H3,(H,17,19)/t9-,11?/m1/s1. The summed E-state index contributed by atoms with van der Waals surface area (Å²) in [5.41, 5.74) is 7.09. The van der Waals surface area contributed by atoms with Gasteiger partial charge < -0.3 is 16.0 Å². The lowest BCUT2D eigenvalue weighted by Crippen LogP contribution is -2.55. The summed E-state index contributed by atoms with van der Waals surface area (Å²) in [4.78, 5) is 13.9. The Morgan fingerprint density at radius 3 is 2.95 bits per heavy atom. The van der Waals surface area contributed by atoms with E-state index in [9.17, 15) is 9.18 Å². The largest absolute Gasteiger partial charge is 0.357 e. The van der Waals surface area contributed by atoms with Crippen molar-refractivity contribution < 1.29 is 9.18 Å². The summed E-state index contributed by atoms with van der Waals surface area (Å²) < 4.78 is 14.0. The van der Waals surface area contributed by atoms with E-state index in [1.165, 1.54) is 6.07 Å². The molecular weight excluding hydrogens is 245 g/mol. The van der Waals surface area contributed by atoms with Gasteiger partial charge in [0.2, 0.25) is 5.91 Å². The highest BCUT2D eigenvalue weighted by Gasteiger charge is 2.30. The summed E-state index contributed by atoms with van der Waals surface area (Å²) in [5, 5.41) is 2.84. The number of amides is 1. The van der Waals surface area contributed by atoms with Gasteiger partial charge in [-0.1, -0.05) is 13.0 Å². The number of anilines is 1. The first kappa shape index (κ1) is 13.8. The Morgan fingerprint density at radius 1 is 1.58 bits per heavy atom. The summed E-state index contributed by atoms with van der Waals surface area (Å²) in [5.74, 6) is -0.318. The lowest BCUT2D eigenvalue weighted by atomic mass is 10.0. The molecular formula is C14H20FN3O. The number of halogens is 1. The first-order chi connectivity index (χ1) is 9.06. The van der Waals surface area contributed by atoms with Crippen molar-refractivity contribution in [3.8, 4) is 0 Å². The molecule has 0 radical (unpaired) electrons. The molecule has 0 aliphatic carbocycles. The molecule has 1 aromatic rings. The highest BCUT2D eigenvalue weighted by Crippen LogP contribution is 2.30. The molecule has 1 fully saturated rings. The minimum absolute atomic E-state index is 0.00589. The number of nitrogens with zero attached hydrogens (tertiary/aromatic N) is 1. The number of piperazine rings is 1. The molecule has 0 aromatic heterocycles. The SMILES string of the molecule is CCC1C(=O)NCCN1c1cccc(F)c1[C@@H](C)N. The van der Waals surface area contributed by atoms with Crippen LogP contribution in [0.15, 0.2) is 18.2 Å². The third-order valence-electron chi connectivity index (χ3n) is 3.51. The molecule has 5 heteroatoms. The number of nitrogens with one attached hydrogen (secondary N) is 1. The van der Waals surface area contributed by atoms with Gasteiger partial charge in [0.1, 0.15) is 11.9 Å². The number of benzene rings is 1. The van der Waals surface area contributed by atoms with E-state index in [0.717, 1.165) is 5.69 Å². The maximum absolute atomic E-state index is 14.0. The van der Waals surface area contributed by atoms with Crippen LogP contribution in [0, 0.1) is 5.82 Å². The third-order valence-corrected chi connectivity index (χ3v) is 3.51. The zero-order chi connectivity index (χ0) is 14.0. The van der Waals surface area contributed by atoms with Crippen molar-refractivity contribution in [2.24, 2.45) is 5.73 Å². The number of rotatable bonds is 3. The zero-order valence-corrected chi connectivity index (χ0v) is 11.3. The number of carbonyl (C=O) groups excluding carboxylic acids is 1. The molecule has 104 valence electrons. The molecule has 2 atom stereocenters. The van der Waals surface area contributed by atoms with Crippen molar-refractivity contribution in [3.63, 3.8) is 0 Å². The topological polar surface area (TPSA) is 58.4 Å². The molecule has 3 N–H and O–H groups in total. The first-order valence-corrected chi connectivity index (χ1v) is 6.64. The van der Waals surface area contributed by atoms with Crippen molar-refractivity contribution in [3.05, 3.63) is 29.6 Å². The second kappa shape index (κ2) is 5.57. The normalized spacial score (nSPS) is 21.2. The highest BCUT2D eigenvalue weighted by atomic mass is 19.1. The van der Waals surface area contributed by atoms with Crippen LogP contribution < -0.4 is 16.0 Å². The van der Waals surface area contributed by atoms with Crippen LogP contribution in [0.5, 0.6) is 0 Å². The van der Waals surface area contributed by atoms with Crippen LogP contribution in [0.1, 0.15) is 31.9 Å². The predicted octanol–water partition coefficient (Wildman–Crippen LogP) is 1.56. The fourth-order valence-electron chi connectivity index (χ4n) is 2.64. The predicted molar refractivity (Wildman–Crippen MR) is 73.4 cm³/mol. The number of nitrogens with two attached hydrogens (primary N) is 1. The summed E-state index contributed by atoms with van der Waals surface area (Å²) >= 11 is 0. The number of hydrogen-bond acceptors (Lipinski definition) is 3.